The van der Waals surface area contributed by atoms with E-state index >= 15 is 0 Å². The molecular weight excluding hydrogens is 250 g/mol. The molecule has 0 saturated carbocycles. The highest BCUT2D eigenvalue weighted by atomic mass is 16.5. The molecule has 0 aromatic heterocycles. The van der Waals surface area contributed by atoms with Crippen LogP contribution in [0.3, 0.4) is 0 Å². The Balaban J connectivity index is 1.82. The summed E-state index contributed by atoms with van der Waals surface area (Å²) in [6.45, 7) is 4.86. The lowest BCUT2D eigenvalue weighted by atomic mass is 10.2. The molecule has 1 N–H and O–H groups in total. The van der Waals surface area contributed by atoms with Crippen molar-refractivity contribution in [2.75, 3.05) is 52.3 Å². The molecule has 4 nitrogen and oxygen atoms in total. The van der Waals surface area contributed by atoms with E-state index in [4.69, 9.17) is 4.74 Å². The minimum absolute atomic E-state index is 0.686. The smallest absolute Gasteiger partial charge is 0.0587 e. The summed E-state index contributed by atoms with van der Waals surface area (Å²) in [5.41, 5.74) is 2.67. The lowest BCUT2D eigenvalue weighted by Crippen LogP contribution is -2.31. The predicted molar refractivity (Wildman–Crippen MR) is 84.3 cm³/mol. The van der Waals surface area contributed by atoms with Crippen LogP contribution in [-0.2, 0) is 11.3 Å². The van der Waals surface area contributed by atoms with Gasteiger partial charge in [0, 0.05) is 45.0 Å². The fourth-order valence-corrected chi connectivity index (χ4v) is 2.63. The third kappa shape index (κ3) is 4.20. The summed E-state index contributed by atoms with van der Waals surface area (Å²) >= 11 is 0. The van der Waals surface area contributed by atoms with Gasteiger partial charge >= 0.3 is 0 Å². The van der Waals surface area contributed by atoms with Crippen molar-refractivity contribution in [2.45, 2.75) is 19.0 Å². The summed E-state index contributed by atoms with van der Waals surface area (Å²) in [5, 5.41) is 3.37. The van der Waals surface area contributed by atoms with Crippen LogP contribution in [0.4, 0.5) is 5.69 Å². The zero-order valence-corrected chi connectivity index (χ0v) is 12.9. The first-order valence-corrected chi connectivity index (χ1v) is 7.40. The Morgan fingerprint density at radius 1 is 1.30 bits per heavy atom. The highest BCUT2D eigenvalue weighted by molar-refractivity contribution is 5.48. The van der Waals surface area contributed by atoms with E-state index in [-0.39, 0.29) is 0 Å². The van der Waals surface area contributed by atoms with Crippen LogP contribution >= 0.6 is 0 Å². The Bertz CT molecular complexity index is 391. The Labute approximate surface area is 122 Å². The number of benzene rings is 1. The molecule has 1 saturated heterocycles. The van der Waals surface area contributed by atoms with Gasteiger partial charge in [-0.05, 0) is 38.2 Å². The molecule has 1 atom stereocenters. The average Bonchev–Trinajstić information content (AvgIpc) is 2.94. The maximum atomic E-state index is 5.02. The van der Waals surface area contributed by atoms with Gasteiger partial charge in [-0.1, -0.05) is 12.1 Å². The number of anilines is 1. The molecule has 1 aromatic carbocycles. The molecular formula is C16H27N3O. The molecule has 2 rings (SSSR count). The van der Waals surface area contributed by atoms with Gasteiger partial charge in [-0.15, -0.1) is 0 Å². The molecule has 0 radical (unpaired) electrons. The van der Waals surface area contributed by atoms with Crippen LogP contribution in [0.25, 0.3) is 0 Å². The van der Waals surface area contributed by atoms with E-state index in [1.54, 1.807) is 7.11 Å². The second-order valence-corrected chi connectivity index (χ2v) is 5.69. The number of ether oxygens (including phenoxy) is 1. The van der Waals surface area contributed by atoms with Gasteiger partial charge in [-0.3, -0.25) is 0 Å². The summed E-state index contributed by atoms with van der Waals surface area (Å²) in [4.78, 5) is 4.81. The molecule has 1 aliphatic rings. The second-order valence-electron chi connectivity index (χ2n) is 5.69. The molecule has 112 valence electrons. The largest absolute Gasteiger partial charge is 0.383 e. The highest BCUT2D eigenvalue weighted by Crippen LogP contribution is 2.22. The van der Waals surface area contributed by atoms with Gasteiger partial charge in [0.05, 0.1) is 6.61 Å². The Kier molecular flexibility index (Phi) is 5.83. The van der Waals surface area contributed by atoms with Crippen molar-refractivity contribution in [3.05, 3.63) is 29.8 Å². The third-order valence-corrected chi connectivity index (χ3v) is 4.01. The number of rotatable bonds is 7. The van der Waals surface area contributed by atoms with Gasteiger partial charge in [0.25, 0.3) is 0 Å². The van der Waals surface area contributed by atoms with Crippen molar-refractivity contribution < 1.29 is 4.74 Å². The number of methoxy groups -OCH3 is 1. The van der Waals surface area contributed by atoms with Crippen molar-refractivity contribution in [3.63, 3.8) is 0 Å². The minimum Gasteiger partial charge on any atom is -0.383 e. The number of likely N-dealkylation sites (N-methyl/N-ethyl adjacent to an activating group) is 1. The average molecular weight is 277 g/mol. The van der Waals surface area contributed by atoms with Crippen molar-refractivity contribution in [1.82, 2.24) is 10.2 Å². The monoisotopic (exact) mass is 277 g/mol. The normalized spacial score (nSPS) is 19.0. The summed E-state index contributed by atoms with van der Waals surface area (Å²) in [6, 6.07) is 9.61. The number of hydrogen-bond acceptors (Lipinski definition) is 4. The van der Waals surface area contributed by atoms with Crippen LogP contribution in [0.1, 0.15) is 12.0 Å². The third-order valence-electron chi connectivity index (χ3n) is 4.01. The van der Waals surface area contributed by atoms with E-state index in [0.29, 0.717) is 6.04 Å². The van der Waals surface area contributed by atoms with Gasteiger partial charge in [-0.2, -0.15) is 0 Å². The van der Waals surface area contributed by atoms with Gasteiger partial charge in [0.1, 0.15) is 0 Å². The molecule has 1 aliphatic heterocycles. The highest BCUT2D eigenvalue weighted by Gasteiger charge is 2.23. The van der Waals surface area contributed by atoms with E-state index in [1.807, 2.05) is 0 Å². The van der Waals surface area contributed by atoms with E-state index in [0.717, 1.165) is 32.8 Å². The molecule has 0 aliphatic carbocycles. The summed E-state index contributed by atoms with van der Waals surface area (Å²) in [5.74, 6) is 0. The summed E-state index contributed by atoms with van der Waals surface area (Å²) in [6.07, 6.45) is 1.26. The fraction of sp³-hybridized carbons (Fsp3) is 0.625. The number of hydrogen-bond donors (Lipinski definition) is 1. The summed E-state index contributed by atoms with van der Waals surface area (Å²) in [7, 11) is 6.07. The van der Waals surface area contributed by atoms with Crippen LogP contribution in [0.15, 0.2) is 24.3 Å². The molecule has 1 aromatic rings. The molecule has 20 heavy (non-hydrogen) atoms. The lowest BCUT2D eigenvalue weighted by molar-refractivity contribution is 0.199. The van der Waals surface area contributed by atoms with E-state index in [1.165, 1.54) is 17.7 Å². The zero-order chi connectivity index (χ0) is 14.4. The van der Waals surface area contributed by atoms with E-state index in [9.17, 15) is 0 Å². The van der Waals surface area contributed by atoms with Crippen LogP contribution in [0.2, 0.25) is 0 Å². The summed E-state index contributed by atoms with van der Waals surface area (Å²) < 4.78 is 5.02. The first kappa shape index (κ1) is 15.3. The first-order chi connectivity index (χ1) is 9.70. The van der Waals surface area contributed by atoms with E-state index in [2.05, 4.69) is 53.5 Å². The number of nitrogens with one attached hydrogen (secondary N) is 1. The van der Waals surface area contributed by atoms with Crippen LogP contribution < -0.4 is 10.2 Å². The van der Waals surface area contributed by atoms with E-state index < -0.39 is 0 Å². The Morgan fingerprint density at radius 2 is 2.05 bits per heavy atom. The van der Waals surface area contributed by atoms with Crippen LogP contribution in [0, 0.1) is 0 Å². The standard InChI is InChI=1S/C16H27N3O/c1-18(2)16-8-10-19(13-16)15-6-4-14(5-7-15)12-17-9-11-20-3/h4-7,16-17H,8-13H2,1-3H3. The topological polar surface area (TPSA) is 27.7 Å². The Morgan fingerprint density at radius 3 is 2.65 bits per heavy atom. The Hall–Kier alpha value is -1.10. The maximum absolute atomic E-state index is 5.02. The molecule has 1 fully saturated rings. The van der Waals surface area contributed by atoms with Crippen molar-refractivity contribution in [2.24, 2.45) is 0 Å². The molecule has 1 heterocycles. The first-order valence-electron chi connectivity index (χ1n) is 7.40. The van der Waals surface area contributed by atoms with Crippen molar-refractivity contribution >= 4 is 5.69 Å². The quantitative estimate of drug-likeness (QED) is 0.766. The van der Waals surface area contributed by atoms with Crippen LogP contribution in [-0.4, -0.2) is 58.4 Å². The van der Waals surface area contributed by atoms with Gasteiger partial charge in [0.2, 0.25) is 0 Å². The molecule has 0 bridgehead atoms. The van der Waals surface area contributed by atoms with Gasteiger partial charge < -0.3 is 19.9 Å². The molecule has 1 unspecified atom stereocenters. The van der Waals surface area contributed by atoms with Gasteiger partial charge in [0.15, 0.2) is 0 Å². The fourth-order valence-electron chi connectivity index (χ4n) is 2.63. The second kappa shape index (κ2) is 7.62. The molecule has 0 amide bonds. The van der Waals surface area contributed by atoms with Crippen molar-refractivity contribution in [1.29, 1.82) is 0 Å². The molecule has 4 heteroatoms. The molecule has 0 spiro atoms. The lowest BCUT2D eigenvalue weighted by Gasteiger charge is -2.22. The zero-order valence-electron chi connectivity index (χ0n) is 12.9. The van der Waals surface area contributed by atoms with Gasteiger partial charge in [-0.25, -0.2) is 0 Å². The number of nitrogens with zero attached hydrogens (tertiary/aromatic N) is 2. The predicted octanol–water partition coefficient (Wildman–Crippen LogP) is 1.56. The minimum atomic E-state index is 0.686. The SMILES string of the molecule is COCCNCc1ccc(N2CCC(N(C)C)C2)cc1. The van der Waals surface area contributed by atoms with Crippen LogP contribution in [0.5, 0.6) is 0 Å². The van der Waals surface area contributed by atoms with Crippen molar-refractivity contribution in [3.8, 4) is 0 Å². The maximum Gasteiger partial charge on any atom is 0.0587 e.